The van der Waals surface area contributed by atoms with Crippen LogP contribution in [0.5, 0.6) is 0 Å². The van der Waals surface area contributed by atoms with Gasteiger partial charge in [0.2, 0.25) is 0 Å². The summed E-state index contributed by atoms with van der Waals surface area (Å²) in [6.45, 7) is 2.33. The number of hydrogen-bond acceptors (Lipinski definition) is 4. The Morgan fingerprint density at radius 1 is 1.65 bits per heavy atom. The predicted octanol–water partition coefficient (Wildman–Crippen LogP) is 2.20. The molecule has 1 atom stereocenters. The molecule has 0 spiro atoms. The SMILES string of the molecule is CCC(NCCCN=[N+]=[N-])(C(=O)O)c1ccc(F)cn1. The standard InChI is InChI=1S/C12H16FN5O2/c1-2-12(11(19)20,16-6-3-7-17-18-14)10-5-4-9(13)8-15-10/h4-5,8,16H,2-3,6-7H2,1H3,(H,19,20). The van der Waals surface area contributed by atoms with Crippen molar-refractivity contribution in [2.75, 3.05) is 13.1 Å². The van der Waals surface area contributed by atoms with E-state index in [2.05, 4.69) is 20.3 Å². The van der Waals surface area contributed by atoms with Crippen LogP contribution in [0.4, 0.5) is 4.39 Å². The molecule has 0 radical (unpaired) electrons. The van der Waals surface area contributed by atoms with Gasteiger partial charge in [-0.1, -0.05) is 12.0 Å². The molecular formula is C12H16FN5O2. The quantitative estimate of drug-likeness (QED) is 0.329. The van der Waals surface area contributed by atoms with Gasteiger partial charge in [0.1, 0.15) is 5.82 Å². The Kier molecular flexibility index (Phi) is 5.89. The maximum absolute atomic E-state index is 12.9. The van der Waals surface area contributed by atoms with Crippen LogP contribution in [0.3, 0.4) is 0 Å². The lowest BCUT2D eigenvalue weighted by Gasteiger charge is -2.29. The van der Waals surface area contributed by atoms with Gasteiger partial charge in [0, 0.05) is 11.5 Å². The molecule has 1 rings (SSSR count). The van der Waals surface area contributed by atoms with Gasteiger partial charge < -0.3 is 5.11 Å². The van der Waals surface area contributed by atoms with Crippen LogP contribution >= 0.6 is 0 Å². The zero-order valence-corrected chi connectivity index (χ0v) is 11.1. The Bertz CT molecular complexity index is 501. The van der Waals surface area contributed by atoms with Crippen LogP contribution in [-0.2, 0) is 10.3 Å². The number of hydrogen-bond donors (Lipinski definition) is 2. The highest BCUT2D eigenvalue weighted by Gasteiger charge is 2.39. The number of nitrogens with one attached hydrogen (secondary N) is 1. The summed E-state index contributed by atoms with van der Waals surface area (Å²) in [4.78, 5) is 18.1. The fourth-order valence-corrected chi connectivity index (χ4v) is 1.86. The third-order valence-electron chi connectivity index (χ3n) is 2.98. The van der Waals surface area contributed by atoms with E-state index >= 15 is 0 Å². The van der Waals surface area contributed by atoms with E-state index in [1.54, 1.807) is 6.92 Å². The third-order valence-corrected chi connectivity index (χ3v) is 2.98. The fraction of sp³-hybridized carbons (Fsp3) is 0.500. The minimum atomic E-state index is -1.37. The third kappa shape index (κ3) is 3.66. The van der Waals surface area contributed by atoms with Gasteiger partial charge >= 0.3 is 5.97 Å². The second-order valence-corrected chi connectivity index (χ2v) is 4.16. The number of halogens is 1. The maximum atomic E-state index is 12.9. The van der Waals surface area contributed by atoms with Gasteiger partial charge in [0.15, 0.2) is 5.54 Å². The summed E-state index contributed by atoms with van der Waals surface area (Å²) in [7, 11) is 0. The number of nitrogens with zero attached hydrogens (tertiary/aromatic N) is 4. The molecule has 8 heteroatoms. The van der Waals surface area contributed by atoms with Crippen LogP contribution in [0.15, 0.2) is 23.4 Å². The second-order valence-electron chi connectivity index (χ2n) is 4.16. The Hall–Kier alpha value is -2.18. The van der Waals surface area contributed by atoms with Gasteiger partial charge in [-0.2, -0.15) is 0 Å². The molecule has 7 nitrogen and oxygen atoms in total. The number of aromatic nitrogens is 1. The maximum Gasteiger partial charge on any atom is 0.330 e. The molecule has 20 heavy (non-hydrogen) atoms. The number of aliphatic carboxylic acids is 1. The number of carbonyl (C=O) groups is 1. The summed E-state index contributed by atoms with van der Waals surface area (Å²) < 4.78 is 12.9. The van der Waals surface area contributed by atoms with Crippen molar-refractivity contribution in [1.29, 1.82) is 0 Å². The van der Waals surface area contributed by atoms with Crippen molar-refractivity contribution in [1.82, 2.24) is 10.3 Å². The summed E-state index contributed by atoms with van der Waals surface area (Å²) in [5.41, 5.74) is 7.04. The van der Waals surface area contributed by atoms with E-state index in [1.807, 2.05) is 0 Å². The molecule has 0 aromatic carbocycles. The molecule has 0 fully saturated rings. The molecule has 108 valence electrons. The van der Waals surface area contributed by atoms with Crippen molar-refractivity contribution in [2.24, 2.45) is 5.11 Å². The number of carboxylic acids is 1. The summed E-state index contributed by atoms with van der Waals surface area (Å²) >= 11 is 0. The molecule has 2 N–H and O–H groups in total. The van der Waals surface area contributed by atoms with Crippen LogP contribution in [0, 0.1) is 5.82 Å². The molecule has 0 saturated heterocycles. The monoisotopic (exact) mass is 281 g/mol. The fourth-order valence-electron chi connectivity index (χ4n) is 1.86. The minimum absolute atomic E-state index is 0.248. The predicted molar refractivity (Wildman–Crippen MR) is 70.4 cm³/mol. The Morgan fingerprint density at radius 3 is 2.90 bits per heavy atom. The van der Waals surface area contributed by atoms with Crippen molar-refractivity contribution in [3.63, 3.8) is 0 Å². The zero-order valence-electron chi connectivity index (χ0n) is 11.1. The first-order valence-electron chi connectivity index (χ1n) is 6.18. The minimum Gasteiger partial charge on any atom is -0.480 e. The van der Waals surface area contributed by atoms with Crippen LogP contribution in [0.2, 0.25) is 0 Å². The van der Waals surface area contributed by atoms with E-state index in [-0.39, 0.29) is 18.7 Å². The zero-order chi connectivity index (χ0) is 15.0. The van der Waals surface area contributed by atoms with E-state index in [9.17, 15) is 14.3 Å². The first-order valence-corrected chi connectivity index (χ1v) is 6.18. The lowest BCUT2D eigenvalue weighted by Crippen LogP contribution is -2.49. The highest BCUT2D eigenvalue weighted by atomic mass is 19.1. The molecule has 0 amide bonds. The highest BCUT2D eigenvalue weighted by Crippen LogP contribution is 2.24. The van der Waals surface area contributed by atoms with Crippen molar-refractivity contribution < 1.29 is 14.3 Å². The molecule has 0 aliphatic rings. The molecule has 1 heterocycles. The molecule has 0 aliphatic carbocycles. The summed E-state index contributed by atoms with van der Waals surface area (Å²) in [5, 5.41) is 15.8. The number of carboxylic acid groups (broad SMARTS) is 1. The number of rotatable bonds is 8. The normalized spacial score (nSPS) is 13.3. The van der Waals surface area contributed by atoms with E-state index in [4.69, 9.17) is 5.53 Å². The van der Waals surface area contributed by atoms with Gasteiger partial charge in [-0.25, -0.2) is 9.18 Å². The Morgan fingerprint density at radius 2 is 2.40 bits per heavy atom. The second kappa shape index (κ2) is 7.42. The van der Waals surface area contributed by atoms with Crippen molar-refractivity contribution >= 4 is 5.97 Å². The molecule has 1 unspecified atom stereocenters. The molecule has 1 aromatic rings. The van der Waals surface area contributed by atoms with Crippen LogP contribution in [0.1, 0.15) is 25.5 Å². The van der Waals surface area contributed by atoms with E-state index < -0.39 is 17.3 Å². The molecule has 1 aromatic heterocycles. The lowest BCUT2D eigenvalue weighted by atomic mass is 9.91. The topological polar surface area (TPSA) is 111 Å². The van der Waals surface area contributed by atoms with E-state index in [0.717, 1.165) is 6.20 Å². The summed E-state index contributed by atoms with van der Waals surface area (Å²) in [6, 6.07) is 2.53. The first-order chi connectivity index (χ1) is 9.56. The number of azide groups is 1. The van der Waals surface area contributed by atoms with Gasteiger partial charge in [-0.05, 0) is 37.1 Å². The Balaban J connectivity index is 2.88. The van der Waals surface area contributed by atoms with Crippen LogP contribution < -0.4 is 5.32 Å². The van der Waals surface area contributed by atoms with Crippen molar-refractivity contribution in [3.8, 4) is 0 Å². The van der Waals surface area contributed by atoms with Gasteiger partial charge in [0.05, 0.1) is 11.9 Å². The summed E-state index contributed by atoms with van der Waals surface area (Å²) in [6.07, 6.45) is 1.74. The van der Waals surface area contributed by atoms with Crippen LogP contribution in [0.25, 0.3) is 10.4 Å². The van der Waals surface area contributed by atoms with Gasteiger partial charge in [0.25, 0.3) is 0 Å². The smallest absolute Gasteiger partial charge is 0.330 e. The van der Waals surface area contributed by atoms with Crippen LogP contribution in [-0.4, -0.2) is 29.1 Å². The molecule has 0 bridgehead atoms. The lowest BCUT2D eigenvalue weighted by molar-refractivity contribution is -0.145. The number of pyridine rings is 1. The average Bonchev–Trinajstić information content (AvgIpc) is 2.44. The van der Waals surface area contributed by atoms with Gasteiger partial charge in [-0.15, -0.1) is 0 Å². The largest absolute Gasteiger partial charge is 0.480 e. The van der Waals surface area contributed by atoms with Gasteiger partial charge in [-0.3, -0.25) is 10.3 Å². The molecule has 0 aliphatic heterocycles. The first kappa shape index (κ1) is 15.9. The molecular weight excluding hydrogens is 265 g/mol. The Labute approximate surface area is 115 Å². The molecule has 0 saturated carbocycles. The average molecular weight is 281 g/mol. The highest BCUT2D eigenvalue weighted by molar-refractivity contribution is 5.80. The van der Waals surface area contributed by atoms with E-state index in [1.165, 1.54) is 12.1 Å². The van der Waals surface area contributed by atoms with E-state index in [0.29, 0.717) is 13.0 Å². The van der Waals surface area contributed by atoms with Crippen molar-refractivity contribution in [3.05, 3.63) is 40.3 Å². The summed E-state index contributed by atoms with van der Waals surface area (Å²) in [5.74, 6) is -1.60. The van der Waals surface area contributed by atoms with Crippen molar-refractivity contribution in [2.45, 2.75) is 25.3 Å².